The van der Waals surface area contributed by atoms with E-state index in [9.17, 15) is 4.79 Å². The van der Waals surface area contributed by atoms with Gasteiger partial charge in [-0.1, -0.05) is 12.1 Å². The molecule has 2 amide bonds. The molecule has 86 valence electrons. The number of carbonyl (C=O) groups is 1. The van der Waals surface area contributed by atoms with Crippen molar-refractivity contribution >= 4 is 6.03 Å². The lowest BCUT2D eigenvalue weighted by molar-refractivity contribution is 0.201. The maximum absolute atomic E-state index is 11.6. The summed E-state index contributed by atoms with van der Waals surface area (Å²) in [5.74, 6) is 0.837. The van der Waals surface area contributed by atoms with Crippen LogP contribution in [0, 0.1) is 0 Å². The molecule has 16 heavy (non-hydrogen) atoms. The van der Waals surface area contributed by atoms with E-state index in [0.29, 0.717) is 0 Å². The van der Waals surface area contributed by atoms with Crippen molar-refractivity contribution in [2.24, 2.45) is 0 Å². The zero-order valence-electron chi connectivity index (χ0n) is 9.80. The second-order valence-corrected chi connectivity index (χ2v) is 4.06. The number of ether oxygens (including phenoxy) is 1. The largest absolute Gasteiger partial charge is 0.497 e. The number of hydrogen-bond acceptors (Lipinski definition) is 2. The molecule has 1 aliphatic rings. The average Bonchev–Trinajstić information content (AvgIpc) is 2.57. The van der Waals surface area contributed by atoms with E-state index in [1.807, 2.05) is 38.4 Å². The van der Waals surface area contributed by atoms with E-state index in [-0.39, 0.29) is 12.1 Å². The number of hydrogen-bond donors (Lipinski definition) is 0. The van der Waals surface area contributed by atoms with Gasteiger partial charge in [-0.15, -0.1) is 0 Å². The van der Waals surface area contributed by atoms with Crippen molar-refractivity contribution in [1.29, 1.82) is 0 Å². The van der Waals surface area contributed by atoms with Gasteiger partial charge >= 0.3 is 6.03 Å². The van der Waals surface area contributed by atoms with Crippen molar-refractivity contribution < 1.29 is 9.53 Å². The Labute approximate surface area is 95.4 Å². The molecule has 1 aromatic rings. The van der Waals surface area contributed by atoms with E-state index in [1.54, 1.807) is 16.9 Å². The third-order valence-electron chi connectivity index (χ3n) is 3.04. The van der Waals surface area contributed by atoms with Crippen molar-refractivity contribution in [2.75, 3.05) is 27.7 Å². The molecule has 0 radical (unpaired) electrons. The number of rotatable bonds is 2. The fourth-order valence-corrected chi connectivity index (χ4v) is 2.02. The molecule has 1 heterocycles. The summed E-state index contributed by atoms with van der Waals surface area (Å²) < 4.78 is 5.11. The van der Waals surface area contributed by atoms with Gasteiger partial charge in [0.2, 0.25) is 0 Å². The number of nitrogens with zero attached hydrogens (tertiary/aromatic N) is 2. The van der Waals surface area contributed by atoms with Crippen LogP contribution in [0.5, 0.6) is 5.75 Å². The van der Waals surface area contributed by atoms with Crippen molar-refractivity contribution in [2.45, 2.75) is 6.04 Å². The van der Waals surface area contributed by atoms with Gasteiger partial charge in [0.1, 0.15) is 5.75 Å². The first kappa shape index (κ1) is 10.8. The SMILES string of the molecule is COc1ccc(C2CN(C)C(=O)N2C)cc1. The quantitative estimate of drug-likeness (QED) is 0.760. The minimum atomic E-state index is 0.0702. The summed E-state index contributed by atoms with van der Waals surface area (Å²) in [4.78, 5) is 15.1. The molecule has 0 aliphatic carbocycles. The molecule has 0 bridgehead atoms. The first-order valence-corrected chi connectivity index (χ1v) is 5.25. The summed E-state index contributed by atoms with van der Waals surface area (Å²) in [6.07, 6.45) is 0. The van der Waals surface area contributed by atoms with Crippen LogP contribution in [0.4, 0.5) is 4.79 Å². The summed E-state index contributed by atoms with van der Waals surface area (Å²) in [7, 11) is 5.30. The Kier molecular flexibility index (Phi) is 2.73. The smallest absolute Gasteiger partial charge is 0.320 e. The summed E-state index contributed by atoms with van der Waals surface area (Å²) in [5.41, 5.74) is 1.14. The highest BCUT2D eigenvalue weighted by Crippen LogP contribution is 2.28. The van der Waals surface area contributed by atoms with Crippen molar-refractivity contribution in [3.63, 3.8) is 0 Å². The fourth-order valence-electron chi connectivity index (χ4n) is 2.02. The topological polar surface area (TPSA) is 32.8 Å². The molecular weight excluding hydrogens is 204 g/mol. The molecule has 2 rings (SSSR count). The van der Waals surface area contributed by atoms with Crippen molar-refractivity contribution in [1.82, 2.24) is 9.80 Å². The van der Waals surface area contributed by atoms with Gasteiger partial charge in [-0.05, 0) is 17.7 Å². The molecule has 0 saturated carbocycles. The third kappa shape index (κ3) is 1.71. The van der Waals surface area contributed by atoms with Gasteiger partial charge in [0, 0.05) is 20.6 Å². The predicted octanol–water partition coefficient (Wildman–Crippen LogP) is 1.73. The number of benzene rings is 1. The lowest BCUT2D eigenvalue weighted by Gasteiger charge is -2.18. The lowest BCUT2D eigenvalue weighted by atomic mass is 10.1. The van der Waals surface area contributed by atoms with Gasteiger partial charge in [-0.3, -0.25) is 0 Å². The Balaban J connectivity index is 2.21. The van der Waals surface area contributed by atoms with Crippen LogP contribution in [0.25, 0.3) is 0 Å². The van der Waals surface area contributed by atoms with E-state index in [4.69, 9.17) is 4.74 Å². The lowest BCUT2D eigenvalue weighted by Crippen LogP contribution is -2.26. The van der Waals surface area contributed by atoms with Crippen LogP contribution >= 0.6 is 0 Å². The van der Waals surface area contributed by atoms with E-state index < -0.39 is 0 Å². The molecule has 4 nitrogen and oxygen atoms in total. The maximum Gasteiger partial charge on any atom is 0.320 e. The molecule has 0 aromatic heterocycles. The van der Waals surface area contributed by atoms with Gasteiger partial charge in [0.15, 0.2) is 0 Å². The van der Waals surface area contributed by atoms with Crippen LogP contribution in [-0.2, 0) is 0 Å². The zero-order chi connectivity index (χ0) is 11.7. The van der Waals surface area contributed by atoms with Crippen LogP contribution in [-0.4, -0.2) is 43.6 Å². The second kappa shape index (κ2) is 4.04. The number of urea groups is 1. The highest BCUT2D eigenvalue weighted by molar-refractivity contribution is 5.76. The first-order chi connectivity index (χ1) is 7.63. The van der Waals surface area contributed by atoms with Crippen LogP contribution < -0.4 is 4.74 Å². The summed E-state index contributed by atoms with van der Waals surface area (Å²) in [6.45, 7) is 0.738. The Morgan fingerprint density at radius 1 is 1.25 bits per heavy atom. The standard InChI is InChI=1S/C12H16N2O2/c1-13-8-11(14(2)12(13)15)9-4-6-10(16-3)7-5-9/h4-7,11H,8H2,1-3H3. The van der Waals surface area contributed by atoms with Gasteiger partial charge < -0.3 is 14.5 Å². The Morgan fingerprint density at radius 3 is 2.31 bits per heavy atom. The van der Waals surface area contributed by atoms with E-state index in [2.05, 4.69) is 0 Å². The Hall–Kier alpha value is -1.71. The normalized spacial score (nSPS) is 20.4. The van der Waals surface area contributed by atoms with Gasteiger partial charge in [-0.2, -0.15) is 0 Å². The van der Waals surface area contributed by atoms with E-state index >= 15 is 0 Å². The van der Waals surface area contributed by atoms with Crippen LogP contribution in [0.2, 0.25) is 0 Å². The highest BCUT2D eigenvalue weighted by atomic mass is 16.5. The van der Waals surface area contributed by atoms with E-state index in [0.717, 1.165) is 17.9 Å². The fraction of sp³-hybridized carbons (Fsp3) is 0.417. The molecule has 1 fully saturated rings. The van der Waals surface area contributed by atoms with Gasteiger partial charge in [0.05, 0.1) is 13.2 Å². The second-order valence-electron chi connectivity index (χ2n) is 4.06. The van der Waals surface area contributed by atoms with Crippen molar-refractivity contribution in [3.8, 4) is 5.75 Å². The van der Waals surface area contributed by atoms with Crippen LogP contribution in [0.15, 0.2) is 24.3 Å². The molecule has 1 aromatic carbocycles. The molecule has 1 unspecified atom stereocenters. The van der Waals surface area contributed by atoms with Gasteiger partial charge in [-0.25, -0.2) is 4.79 Å². The van der Waals surface area contributed by atoms with Crippen LogP contribution in [0.3, 0.4) is 0 Å². The molecule has 4 heteroatoms. The monoisotopic (exact) mass is 220 g/mol. The first-order valence-electron chi connectivity index (χ1n) is 5.25. The number of methoxy groups -OCH3 is 1. The molecular formula is C12H16N2O2. The minimum Gasteiger partial charge on any atom is -0.497 e. The maximum atomic E-state index is 11.6. The molecule has 1 saturated heterocycles. The number of likely N-dealkylation sites (N-methyl/N-ethyl adjacent to an activating group) is 2. The molecule has 0 N–H and O–H groups in total. The van der Waals surface area contributed by atoms with Gasteiger partial charge in [0.25, 0.3) is 0 Å². The average molecular weight is 220 g/mol. The summed E-state index contributed by atoms with van der Waals surface area (Å²) in [5, 5.41) is 0. The zero-order valence-corrected chi connectivity index (χ0v) is 9.80. The van der Waals surface area contributed by atoms with Crippen molar-refractivity contribution in [3.05, 3.63) is 29.8 Å². The van der Waals surface area contributed by atoms with E-state index in [1.165, 1.54) is 0 Å². The minimum absolute atomic E-state index is 0.0702. The number of amides is 2. The Morgan fingerprint density at radius 2 is 1.88 bits per heavy atom. The third-order valence-corrected chi connectivity index (χ3v) is 3.04. The predicted molar refractivity (Wildman–Crippen MR) is 61.5 cm³/mol. The number of carbonyl (C=O) groups excluding carboxylic acids is 1. The Bertz CT molecular complexity index is 389. The molecule has 1 atom stereocenters. The highest BCUT2D eigenvalue weighted by Gasteiger charge is 2.32. The summed E-state index contributed by atoms with van der Waals surface area (Å²) >= 11 is 0. The molecule has 0 spiro atoms. The summed E-state index contributed by atoms with van der Waals surface area (Å²) in [6, 6.07) is 8.07. The molecule has 1 aliphatic heterocycles. The van der Waals surface area contributed by atoms with Crippen LogP contribution in [0.1, 0.15) is 11.6 Å².